The van der Waals surface area contributed by atoms with Crippen molar-refractivity contribution in [1.29, 1.82) is 0 Å². The quantitative estimate of drug-likeness (QED) is 0.464. The van der Waals surface area contributed by atoms with Crippen LogP contribution in [0.3, 0.4) is 0 Å². The lowest BCUT2D eigenvalue weighted by molar-refractivity contribution is -0.139. The van der Waals surface area contributed by atoms with E-state index in [1.807, 2.05) is 30.1 Å². The number of carbonyl (C=O) groups is 2. The molecule has 1 saturated carbocycles. The average molecular weight is 584 g/mol. The lowest BCUT2D eigenvalue weighted by Gasteiger charge is -2.44. The Morgan fingerprint density at radius 1 is 1.12 bits per heavy atom. The minimum atomic E-state index is -2.81. The second-order valence-corrected chi connectivity index (χ2v) is 14.8. The summed E-state index contributed by atoms with van der Waals surface area (Å²) in [5.41, 5.74) is 3.59. The third-order valence-electron chi connectivity index (χ3n) is 9.36. The Morgan fingerprint density at radius 2 is 1.98 bits per heavy atom. The number of rotatable bonds is 0. The molecule has 1 unspecified atom stereocenters. The number of anilines is 1. The van der Waals surface area contributed by atoms with Gasteiger partial charge in [-0.1, -0.05) is 17.7 Å². The van der Waals surface area contributed by atoms with E-state index in [-0.39, 0.29) is 34.8 Å². The number of nitrogens with zero attached hydrogens (tertiary/aromatic N) is 2. The van der Waals surface area contributed by atoms with E-state index in [2.05, 4.69) is 27.6 Å². The van der Waals surface area contributed by atoms with Crippen LogP contribution >= 0.6 is 11.6 Å². The number of aryl methyl sites for hydroxylation is 1. The van der Waals surface area contributed by atoms with Gasteiger partial charge in [-0.05, 0) is 98.2 Å². The van der Waals surface area contributed by atoms with Crippen LogP contribution < -0.4 is 14.4 Å². The molecule has 2 aromatic rings. The maximum atomic E-state index is 13.4. The second-order valence-electron chi connectivity index (χ2n) is 12.1. The van der Waals surface area contributed by atoms with Crippen molar-refractivity contribution < 1.29 is 18.5 Å². The highest BCUT2D eigenvalue weighted by molar-refractivity contribution is 7.99. The van der Waals surface area contributed by atoms with Crippen LogP contribution in [0, 0.1) is 11.8 Å². The first-order chi connectivity index (χ1) is 19.1. The fourth-order valence-corrected chi connectivity index (χ4v) is 8.43. The van der Waals surface area contributed by atoms with Crippen LogP contribution in [0.15, 0.2) is 36.4 Å². The molecule has 214 valence electrons. The molecule has 4 aliphatic rings. The summed E-state index contributed by atoms with van der Waals surface area (Å²) in [7, 11) is -0.941. The number of amides is 2. The molecule has 1 spiro atoms. The number of carbonyl (C=O) groups excluding carboxylic acids is 2. The monoisotopic (exact) mass is 583 g/mol. The van der Waals surface area contributed by atoms with Gasteiger partial charge in [-0.25, -0.2) is 4.21 Å². The maximum absolute atomic E-state index is 13.4. The molecule has 2 amide bonds. The molecule has 0 aromatic heterocycles. The van der Waals surface area contributed by atoms with Crippen molar-refractivity contribution in [3.05, 3.63) is 58.1 Å². The van der Waals surface area contributed by atoms with Gasteiger partial charge in [0.15, 0.2) is 0 Å². The van der Waals surface area contributed by atoms with Crippen LogP contribution in [0.25, 0.3) is 0 Å². The van der Waals surface area contributed by atoms with Crippen molar-refractivity contribution in [2.24, 2.45) is 11.8 Å². The Morgan fingerprint density at radius 3 is 2.77 bits per heavy atom. The Balaban J connectivity index is 1.42. The summed E-state index contributed by atoms with van der Waals surface area (Å²) in [6.45, 7) is 2.56. The van der Waals surface area contributed by atoms with E-state index >= 15 is 0 Å². The molecule has 0 saturated heterocycles. The first kappa shape index (κ1) is 27.5. The predicted molar refractivity (Wildman–Crippen MR) is 161 cm³/mol. The maximum Gasteiger partial charge on any atom is 0.262 e. The zero-order chi connectivity index (χ0) is 28.1. The van der Waals surface area contributed by atoms with Crippen molar-refractivity contribution in [1.82, 2.24) is 9.62 Å². The van der Waals surface area contributed by atoms with Gasteiger partial charge in [-0.2, -0.15) is 0 Å². The molecule has 2 heterocycles. The lowest BCUT2D eigenvalue weighted by atomic mass is 9.69. The second kappa shape index (κ2) is 10.6. The molecule has 2 bridgehead atoms. The summed E-state index contributed by atoms with van der Waals surface area (Å²) >= 11 is 6.38. The normalized spacial score (nSPS) is 30.9. The third-order valence-corrected chi connectivity index (χ3v) is 11.1. The van der Waals surface area contributed by atoms with E-state index in [0.29, 0.717) is 31.7 Å². The van der Waals surface area contributed by atoms with E-state index < -0.39 is 9.71 Å². The summed E-state index contributed by atoms with van der Waals surface area (Å²) in [5.74, 6) is 4.85. The zero-order valence-electron chi connectivity index (χ0n) is 23.1. The Labute approximate surface area is 242 Å². The van der Waals surface area contributed by atoms with Crippen LogP contribution in [0.5, 0.6) is 5.75 Å². The Kier molecular flexibility index (Phi) is 7.28. The minimum Gasteiger partial charge on any atom is -0.490 e. The standard InChI is InChI=1S/C31H38ClN3O4S/c1-34-14-3-4-15-40(2,38)33-29(36)22-8-12-28-27(17-22)35(18-23-7-10-25(23)30(34)37)19-31(20-39-28)13-5-6-21-16-24(32)9-11-26(21)31/h8-9,11-12,16-17,23,25H,2-7,10,13-15,18-20H2,1H3,(H,33,36,38)/t23-,25+,31-,40?/m0/s1. The van der Waals surface area contributed by atoms with Gasteiger partial charge in [0.05, 0.1) is 12.3 Å². The first-order valence-electron chi connectivity index (χ1n) is 14.4. The molecule has 40 heavy (non-hydrogen) atoms. The molecular formula is C31H38ClN3O4S. The van der Waals surface area contributed by atoms with Crippen LogP contribution in [0.1, 0.15) is 60.0 Å². The molecule has 1 N–H and O–H groups in total. The largest absolute Gasteiger partial charge is 0.490 e. The van der Waals surface area contributed by atoms with Crippen molar-refractivity contribution in [3.8, 4) is 5.75 Å². The third kappa shape index (κ3) is 5.20. The number of nitrogens with one attached hydrogen (secondary N) is 1. The highest BCUT2D eigenvalue weighted by Crippen LogP contribution is 2.46. The average Bonchev–Trinajstić information content (AvgIpc) is 3.05. The van der Waals surface area contributed by atoms with Gasteiger partial charge >= 0.3 is 0 Å². The number of benzene rings is 2. The van der Waals surface area contributed by atoms with Crippen LogP contribution in [0.2, 0.25) is 5.02 Å². The molecule has 4 atom stereocenters. The van der Waals surface area contributed by atoms with Crippen LogP contribution in [0.4, 0.5) is 5.69 Å². The molecule has 2 aromatic carbocycles. The molecular weight excluding hydrogens is 546 g/mol. The number of hydrogen-bond donors (Lipinski definition) is 1. The fraction of sp³-hybridized carbons (Fsp3) is 0.516. The van der Waals surface area contributed by atoms with E-state index in [1.165, 1.54) is 11.1 Å². The molecule has 9 heteroatoms. The summed E-state index contributed by atoms with van der Waals surface area (Å²) in [5, 5.41) is 0.747. The van der Waals surface area contributed by atoms with E-state index in [4.69, 9.17) is 16.3 Å². The molecule has 7 nitrogen and oxygen atoms in total. The summed E-state index contributed by atoms with van der Waals surface area (Å²) < 4.78 is 22.3. The molecule has 1 fully saturated rings. The summed E-state index contributed by atoms with van der Waals surface area (Å²) in [6, 6.07) is 11.7. The van der Waals surface area contributed by atoms with E-state index in [9.17, 15) is 13.8 Å². The summed E-state index contributed by atoms with van der Waals surface area (Å²) in [4.78, 5) is 30.9. The van der Waals surface area contributed by atoms with Crippen molar-refractivity contribution >= 4 is 44.7 Å². The number of halogens is 1. The number of hydrogen-bond acceptors (Lipinski definition) is 5. The van der Waals surface area contributed by atoms with Gasteiger partial charge in [-0.3, -0.25) is 14.3 Å². The molecule has 6 rings (SSSR count). The van der Waals surface area contributed by atoms with E-state index in [0.717, 1.165) is 61.5 Å². The molecule has 0 radical (unpaired) electrons. The smallest absolute Gasteiger partial charge is 0.262 e. The van der Waals surface area contributed by atoms with Gasteiger partial charge in [0.1, 0.15) is 5.75 Å². The van der Waals surface area contributed by atoms with Gasteiger partial charge in [0.25, 0.3) is 5.91 Å². The number of fused-ring (bicyclic) bond motifs is 4. The van der Waals surface area contributed by atoms with Gasteiger partial charge in [0, 0.05) is 64.1 Å². The van der Waals surface area contributed by atoms with Gasteiger partial charge in [-0.15, -0.1) is 0 Å². The first-order valence-corrected chi connectivity index (χ1v) is 16.6. The Hall–Kier alpha value is -2.71. The van der Waals surface area contributed by atoms with Crippen molar-refractivity contribution in [2.45, 2.75) is 50.4 Å². The molecule has 2 aliphatic heterocycles. The highest BCUT2D eigenvalue weighted by atomic mass is 35.5. The minimum absolute atomic E-state index is 0.0116. The zero-order valence-corrected chi connectivity index (χ0v) is 24.7. The molecule has 2 aliphatic carbocycles. The van der Waals surface area contributed by atoms with Gasteiger partial charge in [0.2, 0.25) is 5.91 Å². The number of ether oxygens (including phenoxy) is 1. The lowest BCUT2D eigenvalue weighted by Crippen LogP contribution is -2.50. The summed E-state index contributed by atoms with van der Waals surface area (Å²) in [6.07, 6.45) is 6.25. The van der Waals surface area contributed by atoms with Crippen LogP contribution in [-0.4, -0.2) is 65.8 Å². The fourth-order valence-electron chi connectivity index (χ4n) is 7.01. The van der Waals surface area contributed by atoms with Crippen molar-refractivity contribution in [3.63, 3.8) is 0 Å². The van der Waals surface area contributed by atoms with Gasteiger partial charge < -0.3 is 14.5 Å². The Bertz CT molecular complexity index is 1440. The highest BCUT2D eigenvalue weighted by Gasteiger charge is 2.45. The topological polar surface area (TPSA) is 79.0 Å². The van der Waals surface area contributed by atoms with Crippen LogP contribution in [-0.2, 0) is 26.3 Å². The SMILES string of the molecule is C=S1(=O)CCCCN(C)C(=O)[C@@H]2CC[C@H]2CN2C[C@@]3(CCCc4cc(Cl)ccc43)COc3ccc(cc32)C(=O)N1. The predicted octanol–water partition coefficient (Wildman–Crippen LogP) is 4.45. The van der Waals surface area contributed by atoms with Crippen molar-refractivity contribution in [2.75, 3.05) is 43.9 Å². The van der Waals surface area contributed by atoms with E-state index in [1.54, 1.807) is 6.07 Å².